The molecule has 0 saturated carbocycles. The third-order valence-corrected chi connectivity index (χ3v) is 4.04. The second-order valence-corrected chi connectivity index (χ2v) is 5.83. The van der Waals surface area contributed by atoms with E-state index in [1.54, 1.807) is 6.21 Å². The number of hydrazone groups is 1. The Bertz CT molecular complexity index is 851. The Balaban J connectivity index is 1.62. The molecule has 1 unspecified atom stereocenters. The summed E-state index contributed by atoms with van der Waals surface area (Å²) in [4.78, 5) is 12.1. The molecule has 3 aromatic rings. The normalized spacial score (nSPS) is 12.4. The van der Waals surface area contributed by atoms with E-state index >= 15 is 0 Å². The van der Waals surface area contributed by atoms with Crippen molar-refractivity contribution in [1.29, 1.82) is 0 Å². The van der Waals surface area contributed by atoms with Crippen LogP contribution in [-0.4, -0.2) is 12.1 Å². The molecule has 3 aromatic carbocycles. The van der Waals surface area contributed by atoms with E-state index in [-0.39, 0.29) is 11.8 Å². The monoisotopic (exact) mass is 316 g/mol. The van der Waals surface area contributed by atoms with Gasteiger partial charge in [0.1, 0.15) is 0 Å². The Hall–Kier alpha value is -2.94. The number of hydrogen-bond donors (Lipinski definition) is 1. The van der Waals surface area contributed by atoms with E-state index in [0.717, 1.165) is 16.3 Å². The fraction of sp³-hybridized carbons (Fsp3) is 0.143. The molecule has 0 aliphatic heterocycles. The van der Waals surface area contributed by atoms with Gasteiger partial charge in [-0.05, 0) is 21.9 Å². The number of fused-ring (bicyclic) bond motifs is 1. The lowest BCUT2D eigenvalue weighted by Crippen LogP contribution is -2.20. The van der Waals surface area contributed by atoms with Crippen LogP contribution >= 0.6 is 0 Å². The Kier molecular flexibility index (Phi) is 5.02. The summed E-state index contributed by atoms with van der Waals surface area (Å²) in [5, 5.41) is 6.35. The van der Waals surface area contributed by atoms with Crippen LogP contribution < -0.4 is 5.43 Å². The molecule has 0 aliphatic carbocycles. The number of carbonyl (C=O) groups is 1. The first-order chi connectivity index (χ1) is 11.7. The van der Waals surface area contributed by atoms with Gasteiger partial charge in [0.25, 0.3) is 0 Å². The van der Waals surface area contributed by atoms with Crippen LogP contribution in [0.3, 0.4) is 0 Å². The number of hydrogen-bond acceptors (Lipinski definition) is 2. The molecule has 3 heteroatoms. The van der Waals surface area contributed by atoms with Gasteiger partial charge in [-0.25, -0.2) is 5.43 Å². The van der Waals surface area contributed by atoms with Gasteiger partial charge in [0.2, 0.25) is 5.91 Å². The largest absolute Gasteiger partial charge is 0.273 e. The van der Waals surface area contributed by atoms with Crippen molar-refractivity contribution in [3.05, 3.63) is 83.9 Å². The number of amides is 1. The van der Waals surface area contributed by atoms with Gasteiger partial charge >= 0.3 is 0 Å². The fourth-order valence-corrected chi connectivity index (χ4v) is 2.72. The second-order valence-electron chi connectivity index (χ2n) is 5.83. The van der Waals surface area contributed by atoms with Gasteiger partial charge < -0.3 is 0 Å². The summed E-state index contributed by atoms with van der Waals surface area (Å²) in [7, 11) is 0. The van der Waals surface area contributed by atoms with Gasteiger partial charge in [-0.15, -0.1) is 0 Å². The molecule has 3 rings (SSSR count). The summed E-state index contributed by atoms with van der Waals surface area (Å²) >= 11 is 0. The third-order valence-electron chi connectivity index (χ3n) is 4.04. The molecule has 0 aromatic heterocycles. The predicted molar refractivity (Wildman–Crippen MR) is 99.1 cm³/mol. The highest BCUT2D eigenvalue weighted by molar-refractivity contribution is 5.90. The highest BCUT2D eigenvalue weighted by Gasteiger charge is 2.06. The molecule has 24 heavy (non-hydrogen) atoms. The maximum absolute atomic E-state index is 12.1. The van der Waals surface area contributed by atoms with Crippen molar-refractivity contribution in [2.45, 2.75) is 19.3 Å². The minimum atomic E-state index is -0.108. The molecule has 0 bridgehead atoms. The van der Waals surface area contributed by atoms with Crippen molar-refractivity contribution >= 4 is 22.9 Å². The Morgan fingerprint density at radius 1 is 1.00 bits per heavy atom. The first-order valence-corrected chi connectivity index (χ1v) is 8.07. The SMILES string of the molecule is CC(C=NNC(=O)Cc1cccc2ccccc12)c1ccccc1. The molecule has 0 aliphatic rings. The molecule has 0 spiro atoms. The third kappa shape index (κ3) is 3.87. The summed E-state index contributed by atoms with van der Waals surface area (Å²) in [6.45, 7) is 2.05. The zero-order valence-electron chi connectivity index (χ0n) is 13.6. The number of carbonyl (C=O) groups excluding carboxylic acids is 1. The lowest BCUT2D eigenvalue weighted by Gasteiger charge is -2.07. The minimum Gasteiger partial charge on any atom is -0.273 e. The van der Waals surface area contributed by atoms with E-state index in [2.05, 4.69) is 41.7 Å². The summed E-state index contributed by atoms with van der Waals surface area (Å²) in [5.74, 6) is 0.0481. The molecule has 0 radical (unpaired) electrons. The highest BCUT2D eigenvalue weighted by Crippen LogP contribution is 2.18. The van der Waals surface area contributed by atoms with Crippen LogP contribution in [0.1, 0.15) is 24.0 Å². The first-order valence-electron chi connectivity index (χ1n) is 8.07. The van der Waals surface area contributed by atoms with Crippen molar-refractivity contribution in [2.75, 3.05) is 0 Å². The standard InChI is InChI=1S/C21H20N2O/c1-16(17-8-3-2-4-9-17)15-22-23-21(24)14-19-12-7-11-18-10-5-6-13-20(18)19/h2-13,15-16H,14H2,1H3,(H,23,24). The first kappa shape index (κ1) is 15.9. The number of rotatable bonds is 5. The second kappa shape index (κ2) is 7.55. The summed E-state index contributed by atoms with van der Waals surface area (Å²) in [6.07, 6.45) is 2.08. The van der Waals surface area contributed by atoms with Gasteiger partial charge in [-0.3, -0.25) is 4.79 Å². The van der Waals surface area contributed by atoms with Gasteiger partial charge in [-0.2, -0.15) is 5.10 Å². The summed E-state index contributed by atoms with van der Waals surface area (Å²) < 4.78 is 0. The van der Waals surface area contributed by atoms with Crippen LogP contribution in [0, 0.1) is 0 Å². The lowest BCUT2D eigenvalue weighted by atomic mass is 10.0. The molecule has 0 heterocycles. The van der Waals surface area contributed by atoms with Crippen LogP contribution in [-0.2, 0) is 11.2 Å². The van der Waals surface area contributed by atoms with Crippen LogP contribution in [0.2, 0.25) is 0 Å². The molecule has 0 fully saturated rings. The van der Waals surface area contributed by atoms with E-state index in [1.165, 1.54) is 5.56 Å². The molecule has 120 valence electrons. The van der Waals surface area contributed by atoms with Crippen molar-refractivity contribution in [2.24, 2.45) is 5.10 Å². The van der Waals surface area contributed by atoms with E-state index in [9.17, 15) is 4.79 Å². The molecular weight excluding hydrogens is 296 g/mol. The van der Waals surface area contributed by atoms with E-state index in [0.29, 0.717) is 6.42 Å². The quantitative estimate of drug-likeness (QED) is 0.554. The highest BCUT2D eigenvalue weighted by atomic mass is 16.2. The van der Waals surface area contributed by atoms with Crippen LogP contribution in [0.5, 0.6) is 0 Å². The van der Waals surface area contributed by atoms with Crippen molar-refractivity contribution in [1.82, 2.24) is 5.43 Å². The summed E-state index contributed by atoms with van der Waals surface area (Å²) in [5.41, 5.74) is 4.81. The average molecular weight is 316 g/mol. The zero-order chi connectivity index (χ0) is 16.8. The number of benzene rings is 3. The van der Waals surface area contributed by atoms with Crippen LogP contribution in [0.15, 0.2) is 77.9 Å². The lowest BCUT2D eigenvalue weighted by molar-refractivity contribution is -0.120. The number of nitrogens with zero attached hydrogens (tertiary/aromatic N) is 1. The molecule has 1 amide bonds. The molecule has 3 nitrogen and oxygen atoms in total. The van der Waals surface area contributed by atoms with Crippen LogP contribution in [0.4, 0.5) is 0 Å². The van der Waals surface area contributed by atoms with Gasteiger partial charge in [0, 0.05) is 12.1 Å². The Labute approximate surface area is 142 Å². The van der Waals surface area contributed by atoms with E-state index < -0.39 is 0 Å². The molecular formula is C21H20N2O. The minimum absolute atomic E-state index is 0.108. The van der Waals surface area contributed by atoms with Gasteiger partial charge in [0.05, 0.1) is 6.42 Å². The topological polar surface area (TPSA) is 41.5 Å². The van der Waals surface area contributed by atoms with Gasteiger partial charge in [-0.1, -0.05) is 79.7 Å². The van der Waals surface area contributed by atoms with E-state index in [4.69, 9.17) is 0 Å². The average Bonchev–Trinajstić information content (AvgIpc) is 2.63. The molecule has 1 atom stereocenters. The Morgan fingerprint density at radius 2 is 1.71 bits per heavy atom. The maximum Gasteiger partial charge on any atom is 0.244 e. The van der Waals surface area contributed by atoms with Crippen molar-refractivity contribution in [3.63, 3.8) is 0 Å². The van der Waals surface area contributed by atoms with Crippen molar-refractivity contribution < 1.29 is 4.79 Å². The predicted octanol–water partition coefficient (Wildman–Crippen LogP) is 4.29. The van der Waals surface area contributed by atoms with Gasteiger partial charge in [0.15, 0.2) is 0 Å². The fourth-order valence-electron chi connectivity index (χ4n) is 2.72. The van der Waals surface area contributed by atoms with Crippen LogP contribution in [0.25, 0.3) is 10.8 Å². The maximum atomic E-state index is 12.1. The zero-order valence-corrected chi connectivity index (χ0v) is 13.6. The molecule has 0 saturated heterocycles. The van der Waals surface area contributed by atoms with Crippen molar-refractivity contribution in [3.8, 4) is 0 Å². The number of nitrogens with one attached hydrogen (secondary N) is 1. The molecule has 1 N–H and O–H groups in total. The van der Waals surface area contributed by atoms with E-state index in [1.807, 2.05) is 48.5 Å². The summed E-state index contributed by atoms with van der Waals surface area (Å²) in [6, 6.07) is 24.2. The Morgan fingerprint density at radius 3 is 2.54 bits per heavy atom. The smallest absolute Gasteiger partial charge is 0.244 e.